The predicted molar refractivity (Wildman–Crippen MR) is 116 cm³/mol. The molecule has 0 radical (unpaired) electrons. The molecule has 3 amide bonds. The first-order valence-electron chi connectivity index (χ1n) is 10.7. The molecule has 1 aromatic rings. The number of nitrogens with one attached hydrogen (secondary N) is 2. The zero-order valence-corrected chi connectivity index (χ0v) is 18.6. The first kappa shape index (κ1) is 22.6. The van der Waals surface area contributed by atoms with E-state index in [4.69, 9.17) is 0 Å². The summed E-state index contributed by atoms with van der Waals surface area (Å²) in [6, 6.07) is 6.27. The van der Waals surface area contributed by atoms with Gasteiger partial charge in [0.05, 0.1) is 4.90 Å². The fraction of sp³-hybridized carbons (Fsp3) is 0.619. The summed E-state index contributed by atoms with van der Waals surface area (Å²) in [7, 11) is -0.115. The lowest BCUT2D eigenvalue weighted by atomic mass is 9.96. The van der Waals surface area contributed by atoms with Gasteiger partial charge in [-0.2, -0.15) is 0 Å². The Morgan fingerprint density at radius 3 is 2.13 bits per heavy atom. The van der Waals surface area contributed by atoms with Gasteiger partial charge in [0.25, 0.3) is 0 Å². The van der Waals surface area contributed by atoms with Crippen LogP contribution in [0.5, 0.6) is 0 Å². The molecule has 3 rings (SSSR count). The second-order valence-corrected chi connectivity index (χ2v) is 10.1. The minimum atomic E-state index is -3.55. The van der Waals surface area contributed by atoms with E-state index in [0.29, 0.717) is 31.6 Å². The standard InChI is InChI=1S/C21H32N4O4S/c1-24(2)21(27)25-14-12-16(13-15-25)20(26)22-17-8-10-19(11-9-17)30(28,29)23-18-6-4-3-5-7-18/h8-11,16,18,23H,3-7,12-15H2,1-2H3,(H,22,26). The molecule has 9 heteroatoms. The third-order valence-electron chi connectivity index (χ3n) is 5.88. The Hall–Kier alpha value is -2.13. The second-order valence-electron chi connectivity index (χ2n) is 8.41. The van der Waals surface area contributed by atoms with Crippen LogP contribution in [0.4, 0.5) is 10.5 Å². The number of carbonyl (C=O) groups is 2. The lowest BCUT2D eigenvalue weighted by Gasteiger charge is -2.33. The van der Waals surface area contributed by atoms with Crippen LogP contribution in [0.25, 0.3) is 0 Å². The summed E-state index contributed by atoms with van der Waals surface area (Å²) >= 11 is 0. The van der Waals surface area contributed by atoms with Crippen LogP contribution in [0.3, 0.4) is 0 Å². The van der Waals surface area contributed by atoms with Gasteiger partial charge in [0.2, 0.25) is 15.9 Å². The van der Waals surface area contributed by atoms with Gasteiger partial charge < -0.3 is 15.1 Å². The number of anilines is 1. The lowest BCUT2D eigenvalue weighted by Crippen LogP contribution is -2.45. The molecular formula is C21H32N4O4S. The fourth-order valence-corrected chi connectivity index (χ4v) is 5.39. The van der Waals surface area contributed by atoms with Crippen molar-refractivity contribution >= 4 is 27.6 Å². The summed E-state index contributed by atoms with van der Waals surface area (Å²) in [5, 5.41) is 2.87. The summed E-state index contributed by atoms with van der Waals surface area (Å²) < 4.78 is 28.0. The molecule has 0 unspecified atom stereocenters. The van der Waals surface area contributed by atoms with E-state index in [1.54, 1.807) is 36.0 Å². The molecule has 0 aromatic heterocycles. The molecule has 1 aliphatic heterocycles. The van der Waals surface area contributed by atoms with Crippen LogP contribution in [0.15, 0.2) is 29.2 Å². The summed E-state index contributed by atoms with van der Waals surface area (Å²) in [4.78, 5) is 28.1. The molecule has 1 aliphatic carbocycles. The predicted octanol–water partition coefficient (Wildman–Crippen LogP) is 2.63. The van der Waals surface area contributed by atoms with Gasteiger partial charge in [-0.15, -0.1) is 0 Å². The monoisotopic (exact) mass is 436 g/mol. The second kappa shape index (κ2) is 9.78. The Balaban J connectivity index is 1.53. The third-order valence-corrected chi connectivity index (χ3v) is 7.41. The molecule has 0 spiro atoms. The van der Waals surface area contributed by atoms with Crippen molar-refractivity contribution in [3.63, 3.8) is 0 Å². The lowest BCUT2D eigenvalue weighted by molar-refractivity contribution is -0.121. The molecule has 2 N–H and O–H groups in total. The largest absolute Gasteiger partial charge is 0.331 e. The van der Waals surface area contributed by atoms with Crippen molar-refractivity contribution < 1.29 is 18.0 Å². The van der Waals surface area contributed by atoms with Crippen LogP contribution in [-0.2, 0) is 14.8 Å². The molecule has 0 atom stereocenters. The Kier molecular flexibility index (Phi) is 7.36. The quantitative estimate of drug-likeness (QED) is 0.741. The van der Waals surface area contributed by atoms with Crippen molar-refractivity contribution in [3.05, 3.63) is 24.3 Å². The van der Waals surface area contributed by atoms with Gasteiger partial charge in [-0.05, 0) is 49.9 Å². The number of rotatable bonds is 5. The maximum atomic E-state index is 12.6. The van der Waals surface area contributed by atoms with Gasteiger partial charge in [-0.25, -0.2) is 17.9 Å². The number of hydrogen-bond donors (Lipinski definition) is 2. The van der Waals surface area contributed by atoms with E-state index in [2.05, 4.69) is 10.0 Å². The Bertz CT molecular complexity index is 840. The number of benzene rings is 1. The van der Waals surface area contributed by atoms with Gasteiger partial charge >= 0.3 is 6.03 Å². The fourth-order valence-electron chi connectivity index (χ4n) is 4.09. The zero-order chi connectivity index (χ0) is 21.7. The van der Waals surface area contributed by atoms with Crippen molar-refractivity contribution in [1.29, 1.82) is 0 Å². The Labute approximate surface area is 179 Å². The smallest absolute Gasteiger partial charge is 0.319 e. The Morgan fingerprint density at radius 1 is 0.967 bits per heavy atom. The minimum Gasteiger partial charge on any atom is -0.331 e. The average molecular weight is 437 g/mol. The van der Waals surface area contributed by atoms with E-state index in [0.717, 1.165) is 32.1 Å². The molecule has 30 heavy (non-hydrogen) atoms. The van der Waals surface area contributed by atoms with Crippen LogP contribution in [0, 0.1) is 5.92 Å². The molecule has 1 aromatic carbocycles. The first-order valence-corrected chi connectivity index (χ1v) is 12.1. The normalized spacial score (nSPS) is 18.8. The van der Waals surface area contributed by atoms with Crippen molar-refractivity contribution in [2.24, 2.45) is 5.92 Å². The molecule has 166 valence electrons. The average Bonchev–Trinajstić information content (AvgIpc) is 2.74. The van der Waals surface area contributed by atoms with Gasteiger partial charge in [0, 0.05) is 44.8 Å². The molecule has 1 saturated carbocycles. The highest BCUT2D eigenvalue weighted by Crippen LogP contribution is 2.23. The van der Waals surface area contributed by atoms with Gasteiger partial charge in [0.15, 0.2) is 0 Å². The van der Waals surface area contributed by atoms with Gasteiger partial charge in [0.1, 0.15) is 0 Å². The van der Waals surface area contributed by atoms with E-state index >= 15 is 0 Å². The van der Waals surface area contributed by atoms with E-state index in [-0.39, 0.29) is 28.8 Å². The van der Waals surface area contributed by atoms with E-state index in [9.17, 15) is 18.0 Å². The van der Waals surface area contributed by atoms with Crippen molar-refractivity contribution in [1.82, 2.24) is 14.5 Å². The molecule has 0 bridgehead atoms. The van der Waals surface area contributed by atoms with Crippen LogP contribution in [0.2, 0.25) is 0 Å². The maximum absolute atomic E-state index is 12.6. The molecule has 8 nitrogen and oxygen atoms in total. The van der Waals surface area contributed by atoms with E-state index in [1.807, 2.05) is 0 Å². The highest BCUT2D eigenvalue weighted by Gasteiger charge is 2.28. The molecular weight excluding hydrogens is 404 g/mol. The van der Waals surface area contributed by atoms with Crippen LogP contribution in [0.1, 0.15) is 44.9 Å². The van der Waals surface area contributed by atoms with E-state index in [1.165, 1.54) is 12.1 Å². The van der Waals surface area contributed by atoms with Gasteiger partial charge in [-0.1, -0.05) is 19.3 Å². The van der Waals surface area contributed by atoms with Crippen molar-refractivity contribution in [3.8, 4) is 0 Å². The molecule has 2 aliphatic rings. The highest BCUT2D eigenvalue weighted by atomic mass is 32.2. The summed E-state index contributed by atoms with van der Waals surface area (Å²) in [6.07, 6.45) is 6.27. The number of carbonyl (C=O) groups excluding carboxylic acids is 2. The summed E-state index contributed by atoms with van der Waals surface area (Å²) in [6.45, 7) is 1.11. The van der Waals surface area contributed by atoms with Crippen molar-refractivity contribution in [2.75, 3.05) is 32.5 Å². The van der Waals surface area contributed by atoms with Crippen LogP contribution >= 0.6 is 0 Å². The molecule has 2 fully saturated rings. The number of nitrogens with zero attached hydrogens (tertiary/aromatic N) is 2. The first-order chi connectivity index (χ1) is 14.3. The number of piperidine rings is 1. The number of likely N-dealkylation sites (tertiary alicyclic amines) is 1. The van der Waals surface area contributed by atoms with E-state index < -0.39 is 10.0 Å². The maximum Gasteiger partial charge on any atom is 0.319 e. The third kappa shape index (κ3) is 5.72. The zero-order valence-electron chi connectivity index (χ0n) is 17.8. The number of urea groups is 1. The summed E-state index contributed by atoms with van der Waals surface area (Å²) in [5.74, 6) is -0.254. The molecule has 1 heterocycles. The highest BCUT2D eigenvalue weighted by molar-refractivity contribution is 7.89. The summed E-state index contributed by atoms with van der Waals surface area (Å²) in [5.41, 5.74) is 0.573. The van der Waals surface area contributed by atoms with Crippen molar-refractivity contribution in [2.45, 2.75) is 55.9 Å². The van der Waals surface area contributed by atoms with Gasteiger partial charge in [-0.3, -0.25) is 4.79 Å². The molecule has 1 saturated heterocycles. The number of sulfonamides is 1. The number of amides is 3. The number of hydrogen-bond acceptors (Lipinski definition) is 4. The minimum absolute atomic E-state index is 0.00775. The SMILES string of the molecule is CN(C)C(=O)N1CCC(C(=O)Nc2ccc(S(=O)(=O)NC3CCCCC3)cc2)CC1. The van der Waals surface area contributed by atoms with Crippen LogP contribution in [-0.4, -0.2) is 63.4 Å². The van der Waals surface area contributed by atoms with Crippen LogP contribution < -0.4 is 10.0 Å². The Morgan fingerprint density at radius 2 is 1.57 bits per heavy atom. The topological polar surface area (TPSA) is 98.8 Å².